The largest absolute Gasteiger partial charge is 0.433 e. The van der Waals surface area contributed by atoms with Gasteiger partial charge in [0.15, 0.2) is 0 Å². The molecule has 0 fully saturated rings. The molecule has 2 N–H and O–H groups in total. The zero-order chi connectivity index (χ0) is 15.9. The number of carbonyl (C=O) groups excluding carboxylic acids is 1. The molecule has 7 heteroatoms. The lowest BCUT2D eigenvalue weighted by atomic mass is 10.2. The molecule has 0 aliphatic rings. The monoisotopic (exact) mass is 326 g/mol. The third kappa shape index (κ3) is 4.70. The zero-order valence-corrected chi connectivity index (χ0v) is 12.7. The second-order valence-corrected chi connectivity index (χ2v) is 5.51. The van der Waals surface area contributed by atoms with E-state index in [-0.39, 0.29) is 24.2 Å². The van der Waals surface area contributed by atoms with Crippen LogP contribution in [0.3, 0.4) is 0 Å². The predicted octanol–water partition coefficient (Wildman–Crippen LogP) is 3.64. The molecule has 1 heterocycles. The van der Waals surface area contributed by atoms with E-state index < -0.39 is 6.61 Å². The van der Waals surface area contributed by atoms with E-state index in [4.69, 9.17) is 0 Å². The van der Waals surface area contributed by atoms with Crippen molar-refractivity contribution in [2.75, 3.05) is 11.9 Å². The van der Waals surface area contributed by atoms with E-state index in [9.17, 15) is 13.6 Å². The first-order valence-electron chi connectivity index (χ1n) is 6.66. The maximum absolute atomic E-state index is 12.3. The quantitative estimate of drug-likeness (QED) is 0.817. The molecule has 1 unspecified atom stereocenters. The Bertz CT molecular complexity index is 605. The summed E-state index contributed by atoms with van der Waals surface area (Å²) >= 11 is 1.56. The summed E-state index contributed by atoms with van der Waals surface area (Å²) in [6.07, 6.45) is 0. The van der Waals surface area contributed by atoms with Crippen molar-refractivity contribution in [2.45, 2.75) is 19.6 Å². The Balaban J connectivity index is 1.88. The summed E-state index contributed by atoms with van der Waals surface area (Å²) in [7, 11) is 0. The fourth-order valence-electron chi connectivity index (χ4n) is 1.89. The first kappa shape index (κ1) is 16.2. The van der Waals surface area contributed by atoms with Crippen molar-refractivity contribution in [1.29, 1.82) is 0 Å². The van der Waals surface area contributed by atoms with Crippen molar-refractivity contribution in [3.05, 3.63) is 46.7 Å². The van der Waals surface area contributed by atoms with Crippen molar-refractivity contribution < 1.29 is 18.3 Å². The van der Waals surface area contributed by atoms with Gasteiger partial charge in [0, 0.05) is 4.88 Å². The molecule has 0 saturated heterocycles. The van der Waals surface area contributed by atoms with Crippen LogP contribution in [0.5, 0.6) is 5.75 Å². The molecule has 2 aromatic rings. The summed E-state index contributed by atoms with van der Waals surface area (Å²) in [5.41, 5.74) is 0.349. The SMILES string of the molecule is CC(NC(=O)CNc1ccccc1OC(F)F)c1cccs1. The Kier molecular flexibility index (Phi) is 5.71. The zero-order valence-electron chi connectivity index (χ0n) is 11.9. The topological polar surface area (TPSA) is 50.4 Å². The van der Waals surface area contributed by atoms with Gasteiger partial charge in [0.1, 0.15) is 5.75 Å². The molecule has 0 aliphatic heterocycles. The highest BCUT2D eigenvalue weighted by Crippen LogP contribution is 2.25. The molecule has 1 aromatic carbocycles. The Morgan fingerprint density at radius 1 is 1.27 bits per heavy atom. The van der Waals surface area contributed by atoms with E-state index in [1.807, 2.05) is 24.4 Å². The number of para-hydroxylation sites is 2. The Hall–Kier alpha value is -2.15. The van der Waals surface area contributed by atoms with E-state index in [1.165, 1.54) is 6.07 Å². The van der Waals surface area contributed by atoms with Crippen LogP contribution >= 0.6 is 11.3 Å². The standard InChI is InChI=1S/C15H16F2N2O2S/c1-10(13-7-4-8-22-13)19-14(20)9-18-11-5-2-3-6-12(11)21-15(16)17/h2-8,10,15,18H,9H2,1H3,(H,19,20). The molecule has 4 nitrogen and oxygen atoms in total. The van der Waals surface area contributed by atoms with Gasteiger partial charge in [-0.15, -0.1) is 11.3 Å². The van der Waals surface area contributed by atoms with Crippen LogP contribution in [0.4, 0.5) is 14.5 Å². The lowest BCUT2D eigenvalue weighted by molar-refractivity contribution is -0.120. The fourth-order valence-corrected chi connectivity index (χ4v) is 2.62. The molecule has 22 heavy (non-hydrogen) atoms. The third-order valence-corrected chi connectivity index (χ3v) is 3.94. The average Bonchev–Trinajstić information content (AvgIpc) is 3.00. The number of ether oxygens (including phenoxy) is 1. The average molecular weight is 326 g/mol. The maximum Gasteiger partial charge on any atom is 0.387 e. The summed E-state index contributed by atoms with van der Waals surface area (Å²) < 4.78 is 29.0. The predicted molar refractivity (Wildman–Crippen MR) is 82.4 cm³/mol. The number of nitrogens with one attached hydrogen (secondary N) is 2. The van der Waals surface area contributed by atoms with Gasteiger partial charge >= 0.3 is 6.61 Å². The van der Waals surface area contributed by atoms with Crippen molar-refractivity contribution >= 4 is 22.9 Å². The summed E-state index contributed by atoms with van der Waals surface area (Å²) in [4.78, 5) is 12.9. The number of anilines is 1. The minimum Gasteiger partial charge on any atom is -0.433 e. The molecule has 1 aromatic heterocycles. The van der Waals surface area contributed by atoms with Crippen molar-refractivity contribution in [3.63, 3.8) is 0 Å². The number of hydrogen-bond acceptors (Lipinski definition) is 4. The molecular weight excluding hydrogens is 310 g/mol. The molecule has 118 valence electrons. The molecule has 0 bridgehead atoms. The van der Waals surface area contributed by atoms with E-state index in [0.29, 0.717) is 5.69 Å². The number of benzene rings is 1. The highest BCUT2D eigenvalue weighted by molar-refractivity contribution is 7.10. The molecule has 2 rings (SSSR count). The van der Waals surface area contributed by atoms with Crippen LogP contribution < -0.4 is 15.4 Å². The number of alkyl halides is 2. The van der Waals surface area contributed by atoms with Gasteiger partial charge in [0.2, 0.25) is 5.91 Å². The Morgan fingerprint density at radius 2 is 2.05 bits per heavy atom. The first-order valence-corrected chi connectivity index (χ1v) is 7.54. The second-order valence-electron chi connectivity index (χ2n) is 4.53. The van der Waals surface area contributed by atoms with Crippen LogP contribution in [0.15, 0.2) is 41.8 Å². The molecule has 1 atom stereocenters. The van der Waals surface area contributed by atoms with Gasteiger partial charge in [-0.25, -0.2) is 0 Å². The number of hydrogen-bond donors (Lipinski definition) is 2. The Morgan fingerprint density at radius 3 is 2.73 bits per heavy atom. The molecule has 0 aliphatic carbocycles. The second kappa shape index (κ2) is 7.74. The molecule has 1 amide bonds. The lowest BCUT2D eigenvalue weighted by Crippen LogP contribution is -2.31. The summed E-state index contributed by atoms with van der Waals surface area (Å²) in [6.45, 7) is -1.05. The number of amides is 1. The van der Waals surface area contributed by atoms with Crippen molar-refractivity contribution in [1.82, 2.24) is 5.32 Å². The normalized spacial score (nSPS) is 12.0. The van der Waals surface area contributed by atoms with Crippen LogP contribution in [0, 0.1) is 0 Å². The highest BCUT2D eigenvalue weighted by atomic mass is 32.1. The van der Waals surface area contributed by atoms with Gasteiger partial charge in [0.05, 0.1) is 18.3 Å². The molecule has 0 saturated carbocycles. The number of halogens is 2. The van der Waals surface area contributed by atoms with Gasteiger partial charge in [-0.3, -0.25) is 4.79 Å². The minimum atomic E-state index is -2.91. The van der Waals surface area contributed by atoms with E-state index >= 15 is 0 Å². The van der Waals surface area contributed by atoms with Crippen LogP contribution in [-0.4, -0.2) is 19.1 Å². The van der Waals surface area contributed by atoms with Crippen LogP contribution in [-0.2, 0) is 4.79 Å². The van der Waals surface area contributed by atoms with E-state index in [1.54, 1.807) is 29.5 Å². The number of thiophene rings is 1. The summed E-state index contributed by atoms with van der Waals surface area (Å²) in [5, 5.41) is 7.57. The Labute approximate surface area is 131 Å². The smallest absolute Gasteiger partial charge is 0.387 e. The van der Waals surface area contributed by atoms with Crippen LogP contribution in [0.1, 0.15) is 17.8 Å². The van der Waals surface area contributed by atoms with Gasteiger partial charge in [-0.2, -0.15) is 8.78 Å². The number of carbonyl (C=O) groups is 1. The van der Waals surface area contributed by atoms with Crippen molar-refractivity contribution in [3.8, 4) is 5.75 Å². The maximum atomic E-state index is 12.3. The van der Waals surface area contributed by atoms with Gasteiger partial charge in [0.25, 0.3) is 0 Å². The first-order chi connectivity index (χ1) is 10.6. The summed E-state index contributed by atoms with van der Waals surface area (Å²) in [6, 6.07) is 10.0. The summed E-state index contributed by atoms with van der Waals surface area (Å²) in [5.74, 6) is -0.218. The molecule has 0 radical (unpaired) electrons. The fraction of sp³-hybridized carbons (Fsp3) is 0.267. The van der Waals surface area contributed by atoms with E-state index in [2.05, 4.69) is 15.4 Å². The van der Waals surface area contributed by atoms with Crippen molar-refractivity contribution in [2.24, 2.45) is 0 Å². The van der Waals surface area contributed by atoms with E-state index in [0.717, 1.165) is 4.88 Å². The van der Waals surface area contributed by atoms with Crippen LogP contribution in [0.25, 0.3) is 0 Å². The molecular formula is C15H16F2N2O2S. The minimum absolute atomic E-state index is 0.0107. The van der Waals surface area contributed by atoms with Gasteiger partial charge in [-0.05, 0) is 30.5 Å². The highest BCUT2D eigenvalue weighted by Gasteiger charge is 2.12. The van der Waals surface area contributed by atoms with Gasteiger partial charge < -0.3 is 15.4 Å². The molecule has 0 spiro atoms. The third-order valence-electron chi connectivity index (χ3n) is 2.89. The number of rotatable bonds is 7. The van der Waals surface area contributed by atoms with Crippen LogP contribution in [0.2, 0.25) is 0 Å². The van der Waals surface area contributed by atoms with Gasteiger partial charge in [-0.1, -0.05) is 18.2 Å². The lowest BCUT2D eigenvalue weighted by Gasteiger charge is -2.15.